The van der Waals surface area contributed by atoms with Crippen molar-refractivity contribution in [2.75, 3.05) is 30.4 Å². The third-order valence-corrected chi connectivity index (χ3v) is 4.54. The Morgan fingerprint density at radius 1 is 1.11 bits per heavy atom. The topological polar surface area (TPSA) is 67.9 Å². The summed E-state index contributed by atoms with van der Waals surface area (Å²) in [6.45, 7) is 7.41. The molecule has 0 saturated heterocycles. The molecule has 0 bridgehead atoms. The first kappa shape index (κ1) is 21.6. The maximum atomic E-state index is 12.4. The van der Waals surface area contributed by atoms with Crippen LogP contribution in [0.15, 0.2) is 42.5 Å². The van der Waals surface area contributed by atoms with Gasteiger partial charge < -0.3 is 19.7 Å². The number of halogens is 1. The quantitative estimate of drug-likeness (QED) is 0.661. The molecule has 6 nitrogen and oxygen atoms in total. The molecule has 0 saturated carbocycles. The monoisotopic (exact) mass is 404 g/mol. The van der Waals surface area contributed by atoms with Crippen molar-refractivity contribution in [1.29, 1.82) is 0 Å². The molecule has 0 aliphatic rings. The summed E-state index contributed by atoms with van der Waals surface area (Å²) in [7, 11) is 1.49. The number of hydrogen-bond acceptors (Lipinski definition) is 5. The van der Waals surface area contributed by atoms with Gasteiger partial charge in [0.1, 0.15) is 5.75 Å². The summed E-state index contributed by atoms with van der Waals surface area (Å²) in [5.41, 5.74) is 1.82. The number of nitrogens with one attached hydrogen (secondary N) is 1. The minimum atomic E-state index is -0.987. The molecule has 2 aromatic carbocycles. The molecule has 0 aromatic heterocycles. The van der Waals surface area contributed by atoms with Crippen LogP contribution in [0, 0.1) is 0 Å². The molecule has 28 heavy (non-hydrogen) atoms. The van der Waals surface area contributed by atoms with Gasteiger partial charge in [-0.25, -0.2) is 4.79 Å². The van der Waals surface area contributed by atoms with Crippen LogP contribution >= 0.6 is 11.6 Å². The van der Waals surface area contributed by atoms with Crippen molar-refractivity contribution in [1.82, 2.24) is 0 Å². The number of carbonyl (C=O) groups excluding carboxylic acids is 2. The number of carbonyl (C=O) groups is 2. The van der Waals surface area contributed by atoms with Gasteiger partial charge in [-0.15, -0.1) is 0 Å². The Bertz CT molecular complexity index is 820. The Kier molecular flexibility index (Phi) is 7.70. The van der Waals surface area contributed by atoms with E-state index in [0.29, 0.717) is 22.0 Å². The highest BCUT2D eigenvalue weighted by atomic mass is 35.5. The zero-order valence-electron chi connectivity index (χ0n) is 16.5. The van der Waals surface area contributed by atoms with Crippen LogP contribution in [0.4, 0.5) is 11.4 Å². The molecular formula is C21H25ClN2O4. The molecule has 2 rings (SSSR count). The van der Waals surface area contributed by atoms with E-state index in [4.69, 9.17) is 21.1 Å². The van der Waals surface area contributed by atoms with E-state index in [0.717, 1.165) is 18.8 Å². The minimum Gasteiger partial charge on any atom is -0.495 e. The molecule has 0 aliphatic carbocycles. The molecular weight excluding hydrogens is 380 g/mol. The van der Waals surface area contributed by atoms with Crippen LogP contribution in [0.5, 0.6) is 5.75 Å². The summed E-state index contributed by atoms with van der Waals surface area (Å²) in [6.07, 6.45) is -0.987. The summed E-state index contributed by atoms with van der Waals surface area (Å²) in [5, 5.41) is 3.12. The van der Waals surface area contributed by atoms with E-state index in [2.05, 4.69) is 24.1 Å². The summed E-state index contributed by atoms with van der Waals surface area (Å²) in [5.74, 6) is -0.580. The first-order valence-corrected chi connectivity index (χ1v) is 9.47. The van der Waals surface area contributed by atoms with Crippen molar-refractivity contribution in [2.45, 2.75) is 26.9 Å². The van der Waals surface area contributed by atoms with Crippen molar-refractivity contribution >= 4 is 34.9 Å². The van der Waals surface area contributed by atoms with Crippen LogP contribution in [0.2, 0.25) is 5.02 Å². The molecule has 0 aliphatic heterocycles. The molecule has 0 unspecified atom stereocenters. The predicted molar refractivity (Wildman–Crippen MR) is 112 cm³/mol. The third-order valence-electron chi connectivity index (χ3n) is 4.30. The first-order valence-electron chi connectivity index (χ1n) is 9.10. The highest BCUT2D eigenvalue weighted by Gasteiger charge is 2.20. The molecule has 0 heterocycles. The number of rotatable bonds is 8. The van der Waals surface area contributed by atoms with Crippen LogP contribution in [0.3, 0.4) is 0 Å². The maximum absolute atomic E-state index is 12.4. The summed E-state index contributed by atoms with van der Waals surface area (Å²) in [6, 6.07) is 12.0. The Balaban J connectivity index is 2.01. The molecule has 0 radical (unpaired) electrons. The number of ether oxygens (including phenoxy) is 2. The van der Waals surface area contributed by atoms with Crippen LogP contribution in [0.25, 0.3) is 0 Å². The Labute approximate surface area is 170 Å². The van der Waals surface area contributed by atoms with Crippen LogP contribution in [-0.2, 0) is 9.53 Å². The van der Waals surface area contributed by atoms with E-state index in [1.807, 2.05) is 12.1 Å². The van der Waals surface area contributed by atoms with Crippen LogP contribution in [0.1, 0.15) is 31.1 Å². The Morgan fingerprint density at radius 3 is 2.32 bits per heavy atom. The minimum absolute atomic E-state index is 0.385. The lowest BCUT2D eigenvalue weighted by atomic mass is 10.2. The van der Waals surface area contributed by atoms with Gasteiger partial charge >= 0.3 is 5.97 Å². The van der Waals surface area contributed by atoms with Gasteiger partial charge in [0.05, 0.1) is 18.4 Å². The van der Waals surface area contributed by atoms with Gasteiger partial charge in [-0.1, -0.05) is 11.6 Å². The summed E-state index contributed by atoms with van der Waals surface area (Å²) >= 11 is 5.96. The second kappa shape index (κ2) is 9.99. The fraction of sp³-hybridized carbons (Fsp3) is 0.333. The molecule has 150 valence electrons. The lowest BCUT2D eigenvalue weighted by molar-refractivity contribution is -0.123. The predicted octanol–water partition coefficient (Wildman–Crippen LogP) is 4.38. The second-order valence-electron chi connectivity index (χ2n) is 6.10. The number of amides is 1. The fourth-order valence-electron chi connectivity index (χ4n) is 2.69. The molecule has 7 heteroatoms. The average Bonchev–Trinajstić information content (AvgIpc) is 2.69. The van der Waals surface area contributed by atoms with Crippen molar-refractivity contribution in [3.8, 4) is 5.75 Å². The number of nitrogens with zero attached hydrogens (tertiary/aromatic N) is 1. The van der Waals surface area contributed by atoms with Gasteiger partial charge in [0.2, 0.25) is 0 Å². The van der Waals surface area contributed by atoms with Gasteiger partial charge in [0.25, 0.3) is 5.91 Å². The standard InChI is InChI=1S/C21H25ClN2O4/c1-5-24(6-2)17-10-7-15(8-11-17)21(26)28-14(3)20(25)23-18-13-16(22)9-12-19(18)27-4/h7-14H,5-6H2,1-4H3,(H,23,25)/t14-/m0/s1. The number of benzene rings is 2. The van der Waals surface area contributed by atoms with Gasteiger partial charge in [-0.3, -0.25) is 4.79 Å². The van der Waals surface area contributed by atoms with Crippen LogP contribution < -0.4 is 15.0 Å². The van der Waals surface area contributed by atoms with E-state index < -0.39 is 18.0 Å². The van der Waals surface area contributed by atoms with Crippen LogP contribution in [-0.4, -0.2) is 38.2 Å². The number of methoxy groups -OCH3 is 1. The molecule has 0 spiro atoms. The lowest BCUT2D eigenvalue weighted by Gasteiger charge is -2.21. The molecule has 0 fully saturated rings. The summed E-state index contributed by atoms with van der Waals surface area (Å²) < 4.78 is 10.5. The SMILES string of the molecule is CCN(CC)c1ccc(C(=O)O[C@@H](C)C(=O)Nc2cc(Cl)ccc2OC)cc1. The fourth-order valence-corrected chi connectivity index (χ4v) is 2.86. The number of anilines is 2. The van der Waals surface area contributed by atoms with Crippen molar-refractivity contribution in [2.24, 2.45) is 0 Å². The maximum Gasteiger partial charge on any atom is 0.338 e. The van der Waals surface area contributed by atoms with Gasteiger partial charge in [-0.2, -0.15) is 0 Å². The van der Waals surface area contributed by atoms with Gasteiger partial charge in [0, 0.05) is 23.8 Å². The largest absolute Gasteiger partial charge is 0.495 e. The normalized spacial score (nSPS) is 11.5. The zero-order valence-corrected chi connectivity index (χ0v) is 17.2. The average molecular weight is 405 g/mol. The van der Waals surface area contributed by atoms with E-state index in [-0.39, 0.29) is 0 Å². The third kappa shape index (κ3) is 5.39. The van der Waals surface area contributed by atoms with E-state index in [1.165, 1.54) is 14.0 Å². The smallest absolute Gasteiger partial charge is 0.338 e. The van der Waals surface area contributed by atoms with Crippen molar-refractivity contribution < 1.29 is 19.1 Å². The highest BCUT2D eigenvalue weighted by Crippen LogP contribution is 2.28. The Morgan fingerprint density at radius 2 is 1.75 bits per heavy atom. The van der Waals surface area contributed by atoms with Gasteiger partial charge in [-0.05, 0) is 63.2 Å². The first-order chi connectivity index (χ1) is 13.4. The lowest BCUT2D eigenvalue weighted by Crippen LogP contribution is -2.30. The van der Waals surface area contributed by atoms with Crippen molar-refractivity contribution in [3.05, 3.63) is 53.1 Å². The zero-order chi connectivity index (χ0) is 20.7. The summed E-state index contributed by atoms with van der Waals surface area (Å²) in [4.78, 5) is 26.9. The van der Waals surface area contributed by atoms with E-state index in [9.17, 15) is 9.59 Å². The molecule has 1 atom stereocenters. The number of hydrogen-bond donors (Lipinski definition) is 1. The Hall–Kier alpha value is -2.73. The molecule has 1 N–H and O–H groups in total. The van der Waals surface area contributed by atoms with Gasteiger partial charge in [0.15, 0.2) is 6.10 Å². The highest BCUT2D eigenvalue weighted by molar-refractivity contribution is 6.31. The number of esters is 1. The van der Waals surface area contributed by atoms with Crippen molar-refractivity contribution in [3.63, 3.8) is 0 Å². The molecule has 2 aromatic rings. The second-order valence-corrected chi connectivity index (χ2v) is 6.54. The van der Waals surface area contributed by atoms with E-state index in [1.54, 1.807) is 30.3 Å². The molecule has 1 amide bonds. The van der Waals surface area contributed by atoms with E-state index >= 15 is 0 Å².